The quantitative estimate of drug-likeness (QED) is 0.652. The van der Waals surface area contributed by atoms with Gasteiger partial charge in [0.25, 0.3) is 0 Å². The molecule has 0 saturated heterocycles. The number of nitrogens with zero attached hydrogens (tertiary/aromatic N) is 2. The van der Waals surface area contributed by atoms with Crippen LogP contribution in [0.25, 0.3) is 0 Å². The first-order chi connectivity index (χ1) is 9.15. The van der Waals surface area contributed by atoms with Crippen molar-refractivity contribution in [2.45, 2.75) is 27.2 Å². The van der Waals surface area contributed by atoms with Gasteiger partial charge in [-0.3, -0.25) is 4.57 Å². The van der Waals surface area contributed by atoms with E-state index in [2.05, 4.69) is 10.3 Å². The van der Waals surface area contributed by atoms with Gasteiger partial charge in [0, 0.05) is 24.9 Å². The lowest BCUT2D eigenvalue weighted by atomic mass is 10.2. The molecule has 7 heteroatoms. The second-order valence-corrected chi connectivity index (χ2v) is 3.96. The van der Waals surface area contributed by atoms with Gasteiger partial charge in [0.2, 0.25) is 0 Å². The number of aliphatic hydroxyl groups is 1. The molecule has 7 nitrogen and oxygen atoms in total. The summed E-state index contributed by atoms with van der Waals surface area (Å²) < 4.78 is 11.7. The van der Waals surface area contributed by atoms with Crippen molar-refractivity contribution in [2.24, 2.45) is 0 Å². The topological polar surface area (TPSA) is 85.6 Å². The number of aliphatic hydroxyl groups excluding tert-OH is 1. The van der Waals surface area contributed by atoms with E-state index in [4.69, 9.17) is 14.6 Å². The van der Waals surface area contributed by atoms with E-state index in [9.17, 15) is 4.79 Å². The molecule has 0 bridgehead atoms. The Morgan fingerprint density at radius 2 is 2.21 bits per heavy atom. The Balaban J connectivity index is 3.11. The Bertz CT molecular complexity index is 459. The van der Waals surface area contributed by atoms with E-state index in [0.29, 0.717) is 19.0 Å². The van der Waals surface area contributed by atoms with Gasteiger partial charge in [-0.15, -0.1) is 0 Å². The highest BCUT2D eigenvalue weighted by Crippen LogP contribution is 2.16. The normalized spacial score (nSPS) is 10.7. The fourth-order valence-corrected chi connectivity index (χ4v) is 1.70. The predicted octanol–water partition coefficient (Wildman–Crippen LogP) is 0.0963. The van der Waals surface area contributed by atoms with Gasteiger partial charge in [0.05, 0.1) is 19.8 Å². The van der Waals surface area contributed by atoms with E-state index < -0.39 is 0 Å². The van der Waals surface area contributed by atoms with Crippen molar-refractivity contribution in [1.82, 2.24) is 9.55 Å². The summed E-state index contributed by atoms with van der Waals surface area (Å²) in [5, 5.41) is 11.7. The van der Waals surface area contributed by atoms with Gasteiger partial charge < -0.3 is 19.9 Å². The van der Waals surface area contributed by atoms with Crippen molar-refractivity contribution in [2.75, 3.05) is 32.2 Å². The molecule has 0 aliphatic carbocycles. The van der Waals surface area contributed by atoms with Crippen molar-refractivity contribution in [1.29, 1.82) is 0 Å². The van der Waals surface area contributed by atoms with Crippen LogP contribution in [0.2, 0.25) is 0 Å². The lowest BCUT2D eigenvalue weighted by molar-refractivity contribution is 0.0443. The molecule has 0 radical (unpaired) electrons. The Hall–Kier alpha value is -1.44. The van der Waals surface area contributed by atoms with Crippen LogP contribution in [0.3, 0.4) is 0 Å². The van der Waals surface area contributed by atoms with E-state index in [1.807, 2.05) is 13.8 Å². The zero-order valence-corrected chi connectivity index (χ0v) is 11.6. The summed E-state index contributed by atoms with van der Waals surface area (Å²) >= 11 is 0. The Kier molecular flexibility index (Phi) is 6.48. The van der Waals surface area contributed by atoms with Crippen LogP contribution in [0.4, 0.5) is 5.82 Å². The van der Waals surface area contributed by atoms with Gasteiger partial charge in [-0.2, -0.15) is 4.98 Å². The fraction of sp³-hybridized carbons (Fsp3) is 0.667. The molecule has 0 fully saturated rings. The molecular weight excluding hydrogens is 250 g/mol. The van der Waals surface area contributed by atoms with Gasteiger partial charge in [0.1, 0.15) is 12.5 Å². The highest BCUT2D eigenvalue weighted by atomic mass is 16.5. The number of rotatable bonds is 8. The first-order valence-electron chi connectivity index (χ1n) is 6.17. The van der Waals surface area contributed by atoms with Crippen LogP contribution in [-0.2, 0) is 22.8 Å². The average molecular weight is 271 g/mol. The molecular formula is C12H21N3O4. The lowest BCUT2D eigenvalue weighted by Gasteiger charge is -2.16. The van der Waals surface area contributed by atoms with Gasteiger partial charge in [0.15, 0.2) is 0 Å². The molecule has 108 valence electrons. The maximum atomic E-state index is 11.9. The minimum atomic E-state index is -0.383. The van der Waals surface area contributed by atoms with Crippen molar-refractivity contribution >= 4 is 5.82 Å². The Morgan fingerprint density at radius 1 is 1.47 bits per heavy atom. The lowest BCUT2D eigenvalue weighted by Crippen LogP contribution is -2.29. The van der Waals surface area contributed by atoms with E-state index in [0.717, 1.165) is 11.3 Å². The third kappa shape index (κ3) is 4.02. The molecule has 0 aromatic carbocycles. The maximum Gasteiger partial charge on any atom is 0.351 e. The van der Waals surface area contributed by atoms with Crippen LogP contribution in [0, 0.1) is 6.92 Å². The van der Waals surface area contributed by atoms with E-state index >= 15 is 0 Å². The number of nitrogens with one attached hydrogen (secondary N) is 1. The summed E-state index contributed by atoms with van der Waals surface area (Å²) in [7, 11) is 1.59. The molecule has 1 heterocycles. The molecule has 0 amide bonds. The van der Waals surface area contributed by atoms with Crippen LogP contribution in [0.5, 0.6) is 0 Å². The second-order valence-electron chi connectivity index (χ2n) is 3.96. The summed E-state index contributed by atoms with van der Waals surface area (Å²) in [4.78, 5) is 15.9. The highest BCUT2D eigenvalue weighted by molar-refractivity contribution is 5.45. The summed E-state index contributed by atoms with van der Waals surface area (Å²) in [6, 6.07) is 0. The molecule has 1 rings (SSSR count). The number of methoxy groups -OCH3 is 1. The number of aromatic nitrogens is 2. The molecule has 1 aromatic rings. The van der Waals surface area contributed by atoms with Gasteiger partial charge in [-0.25, -0.2) is 4.79 Å². The number of ether oxygens (including phenoxy) is 2. The van der Waals surface area contributed by atoms with Crippen LogP contribution >= 0.6 is 0 Å². The van der Waals surface area contributed by atoms with Crippen molar-refractivity contribution in [3.05, 3.63) is 21.7 Å². The smallest absolute Gasteiger partial charge is 0.351 e. The summed E-state index contributed by atoms with van der Waals surface area (Å²) in [5.41, 5.74) is 1.19. The maximum absolute atomic E-state index is 11.9. The molecule has 1 aromatic heterocycles. The number of hydrogen-bond donors (Lipinski definition) is 2. The van der Waals surface area contributed by atoms with Crippen molar-refractivity contribution < 1.29 is 14.6 Å². The largest absolute Gasteiger partial charge is 0.394 e. The molecule has 0 aliphatic heterocycles. The van der Waals surface area contributed by atoms with E-state index in [1.54, 1.807) is 7.11 Å². The molecule has 19 heavy (non-hydrogen) atoms. The monoisotopic (exact) mass is 271 g/mol. The van der Waals surface area contributed by atoms with Crippen LogP contribution in [0.1, 0.15) is 18.2 Å². The standard InChI is InChI=1S/C12H21N3O4/c1-4-13-11-10(7-18-3)9(2)15(12(17)14-11)8-19-6-5-16/h16H,4-8H2,1-3H3,(H,13,14,17). The first-order valence-corrected chi connectivity index (χ1v) is 6.17. The van der Waals surface area contributed by atoms with Gasteiger partial charge >= 0.3 is 5.69 Å². The second kappa shape index (κ2) is 7.88. The summed E-state index contributed by atoms with van der Waals surface area (Å²) in [6.07, 6.45) is 0. The minimum Gasteiger partial charge on any atom is -0.394 e. The molecule has 0 unspecified atom stereocenters. The van der Waals surface area contributed by atoms with E-state index in [1.165, 1.54) is 4.57 Å². The first kappa shape index (κ1) is 15.6. The van der Waals surface area contributed by atoms with Gasteiger partial charge in [-0.05, 0) is 13.8 Å². The molecule has 0 atom stereocenters. The van der Waals surface area contributed by atoms with Gasteiger partial charge in [-0.1, -0.05) is 0 Å². The Morgan fingerprint density at radius 3 is 2.79 bits per heavy atom. The zero-order chi connectivity index (χ0) is 14.3. The number of anilines is 1. The van der Waals surface area contributed by atoms with Crippen LogP contribution < -0.4 is 11.0 Å². The third-order valence-corrected chi connectivity index (χ3v) is 2.65. The molecule has 0 saturated carbocycles. The van der Waals surface area contributed by atoms with Crippen molar-refractivity contribution in [3.8, 4) is 0 Å². The highest BCUT2D eigenvalue weighted by Gasteiger charge is 2.13. The van der Waals surface area contributed by atoms with Crippen molar-refractivity contribution in [3.63, 3.8) is 0 Å². The predicted molar refractivity (Wildman–Crippen MR) is 71.1 cm³/mol. The molecule has 0 aliphatic rings. The molecule has 2 N–H and O–H groups in total. The summed E-state index contributed by atoms with van der Waals surface area (Å²) in [6.45, 7) is 4.96. The fourth-order valence-electron chi connectivity index (χ4n) is 1.70. The third-order valence-electron chi connectivity index (χ3n) is 2.65. The molecule has 0 spiro atoms. The number of hydrogen-bond acceptors (Lipinski definition) is 6. The SMILES string of the molecule is CCNc1nc(=O)n(COCCO)c(C)c1COC. The van der Waals surface area contributed by atoms with Crippen LogP contribution in [0.15, 0.2) is 4.79 Å². The zero-order valence-electron chi connectivity index (χ0n) is 11.6. The Labute approximate surface area is 112 Å². The average Bonchev–Trinajstić information content (AvgIpc) is 2.38. The minimum absolute atomic E-state index is 0.0708. The summed E-state index contributed by atoms with van der Waals surface area (Å²) in [5.74, 6) is 0.547. The van der Waals surface area contributed by atoms with E-state index in [-0.39, 0.29) is 25.6 Å². The van der Waals surface area contributed by atoms with Crippen LogP contribution in [-0.4, -0.2) is 41.5 Å².